The molecule has 0 aliphatic carbocycles. The second kappa shape index (κ2) is 10.5. The fourth-order valence-electron chi connectivity index (χ4n) is 4.03. The number of carbonyl (C=O) groups excluding carboxylic acids is 1. The third-order valence-corrected chi connectivity index (χ3v) is 6.64. The number of amides is 1. The van der Waals surface area contributed by atoms with E-state index in [9.17, 15) is 13.2 Å². The van der Waals surface area contributed by atoms with E-state index in [0.717, 1.165) is 31.4 Å². The van der Waals surface area contributed by atoms with E-state index in [2.05, 4.69) is 10.1 Å². The normalized spacial score (nSPS) is 16.0. The van der Waals surface area contributed by atoms with Gasteiger partial charge in [-0.2, -0.15) is 0 Å². The number of benzene rings is 2. The van der Waals surface area contributed by atoms with Crippen LogP contribution in [0.3, 0.4) is 0 Å². The van der Waals surface area contributed by atoms with E-state index in [-0.39, 0.29) is 22.7 Å². The molecule has 1 atom stereocenters. The maximum Gasteiger partial charge on any atom is 0.293 e. The summed E-state index contributed by atoms with van der Waals surface area (Å²) >= 11 is 0. The van der Waals surface area contributed by atoms with Crippen molar-refractivity contribution in [2.45, 2.75) is 43.6 Å². The Morgan fingerprint density at radius 1 is 1.18 bits per heavy atom. The molecule has 9 nitrogen and oxygen atoms in total. The predicted octanol–water partition coefficient (Wildman–Crippen LogP) is 2.54. The highest BCUT2D eigenvalue weighted by Crippen LogP contribution is 2.19. The third kappa shape index (κ3) is 5.69. The fraction of sp³-hybridized carbons (Fsp3) is 0.375. The number of hydrogen-bond acceptors (Lipinski definition) is 6. The summed E-state index contributed by atoms with van der Waals surface area (Å²) in [6.45, 7) is 3.85. The van der Waals surface area contributed by atoms with Crippen LogP contribution in [0, 0.1) is 0 Å². The molecular weight excluding hydrogens is 454 g/mol. The van der Waals surface area contributed by atoms with Crippen LogP contribution in [0.25, 0.3) is 5.69 Å². The molecule has 34 heavy (non-hydrogen) atoms. The summed E-state index contributed by atoms with van der Waals surface area (Å²) in [4.78, 5) is 19.8. The SMILES string of the molecule is CCCN(CC1CCCO1)C(=O)c1nc(Cc2ccccc2)n(-c2ccc(S(N)(=O)=O)cc2)n1. The topological polar surface area (TPSA) is 120 Å². The van der Waals surface area contributed by atoms with E-state index in [1.54, 1.807) is 21.7 Å². The second-order valence-electron chi connectivity index (χ2n) is 8.35. The smallest absolute Gasteiger partial charge is 0.293 e. The van der Waals surface area contributed by atoms with Gasteiger partial charge in [0, 0.05) is 26.1 Å². The molecule has 2 aromatic carbocycles. The molecule has 2 N–H and O–H groups in total. The van der Waals surface area contributed by atoms with Gasteiger partial charge < -0.3 is 9.64 Å². The Kier molecular flexibility index (Phi) is 7.40. The van der Waals surface area contributed by atoms with E-state index < -0.39 is 10.0 Å². The number of carbonyl (C=O) groups is 1. The van der Waals surface area contributed by atoms with Gasteiger partial charge in [-0.25, -0.2) is 23.2 Å². The minimum atomic E-state index is -3.82. The summed E-state index contributed by atoms with van der Waals surface area (Å²) in [7, 11) is -3.82. The largest absolute Gasteiger partial charge is 0.376 e. The minimum absolute atomic E-state index is 0.00274. The van der Waals surface area contributed by atoms with Crippen LogP contribution in [0.1, 0.15) is 48.2 Å². The van der Waals surface area contributed by atoms with Crippen LogP contribution in [-0.4, -0.2) is 59.8 Å². The zero-order valence-corrected chi connectivity index (χ0v) is 19.9. The summed E-state index contributed by atoms with van der Waals surface area (Å²) in [6, 6.07) is 15.8. The van der Waals surface area contributed by atoms with Crippen molar-refractivity contribution in [3.05, 3.63) is 71.8 Å². The molecule has 1 aliphatic heterocycles. The first kappa shape index (κ1) is 24.1. The number of nitrogens with zero attached hydrogens (tertiary/aromatic N) is 4. The van der Waals surface area contributed by atoms with Gasteiger partial charge in [0.25, 0.3) is 5.91 Å². The number of rotatable bonds is 9. The molecule has 3 aromatic rings. The molecule has 1 amide bonds. The number of hydrogen-bond donors (Lipinski definition) is 1. The zero-order chi connectivity index (χ0) is 24.1. The average Bonchev–Trinajstić information content (AvgIpc) is 3.49. The lowest BCUT2D eigenvalue weighted by Crippen LogP contribution is -2.38. The first-order valence-corrected chi connectivity index (χ1v) is 12.9. The van der Waals surface area contributed by atoms with Crippen LogP contribution in [0.2, 0.25) is 0 Å². The molecule has 1 aliphatic rings. The summed E-state index contributed by atoms with van der Waals surface area (Å²) in [5.41, 5.74) is 1.60. The Bertz CT molecular complexity index is 1220. The van der Waals surface area contributed by atoms with Gasteiger partial charge >= 0.3 is 0 Å². The van der Waals surface area contributed by atoms with E-state index in [1.165, 1.54) is 12.1 Å². The van der Waals surface area contributed by atoms with Crippen LogP contribution in [-0.2, 0) is 21.2 Å². The van der Waals surface area contributed by atoms with Crippen molar-refractivity contribution in [1.82, 2.24) is 19.7 Å². The lowest BCUT2D eigenvalue weighted by Gasteiger charge is -2.23. The molecule has 4 rings (SSSR count). The molecule has 1 aromatic heterocycles. The van der Waals surface area contributed by atoms with Crippen molar-refractivity contribution in [3.8, 4) is 5.69 Å². The van der Waals surface area contributed by atoms with Crippen LogP contribution >= 0.6 is 0 Å². The van der Waals surface area contributed by atoms with Gasteiger partial charge in [-0.3, -0.25) is 4.79 Å². The maximum atomic E-state index is 13.4. The molecule has 1 fully saturated rings. The monoisotopic (exact) mass is 483 g/mol. The average molecular weight is 484 g/mol. The van der Waals surface area contributed by atoms with E-state index in [0.29, 0.717) is 31.0 Å². The molecule has 1 saturated heterocycles. The maximum absolute atomic E-state index is 13.4. The van der Waals surface area contributed by atoms with Crippen LogP contribution in [0.4, 0.5) is 0 Å². The van der Waals surface area contributed by atoms with Crippen molar-refractivity contribution < 1.29 is 17.9 Å². The van der Waals surface area contributed by atoms with Crippen molar-refractivity contribution in [1.29, 1.82) is 0 Å². The first-order chi connectivity index (χ1) is 16.3. The highest BCUT2D eigenvalue weighted by molar-refractivity contribution is 7.89. The van der Waals surface area contributed by atoms with Gasteiger partial charge in [-0.05, 0) is 49.1 Å². The van der Waals surface area contributed by atoms with E-state index >= 15 is 0 Å². The van der Waals surface area contributed by atoms with Gasteiger partial charge in [0.15, 0.2) is 0 Å². The van der Waals surface area contributed by atoms with Gasteiger partial charge in [0.05, 0.1) is 16.7 Å². The highest BCUT2D eigenvalue weighted by atomic mass is 32.2. The van der Waals surface area contributed by atoms with Crippen molar-refractivity contribution in [2.24, 2.45) is 5.14 Å². The third-order valence-electron chi connectivity index (χ3n) is 5.71. The molecule has 1 unspecified atom stereocenters. The van der Waals surface area contributed by atoms with Gasteiger partial charge in [0.2, 0.25) is 15.8 Å². The molecule has 0 radical (unpaired) electrons. The van der Waals surface area contributed by atoms with E-state index in [4.69, 9.17) is 9.88 Å². The quantitative estimate of drug-likeness (QED) is 0.499. The van der Waals surface area contributed by atoms with Crippen LogP contribution in [0.5, 0.6) is 0 Å². The minimum Gasteiger partial charge on any atom is -0.376 e. The molecule has 180 valence electrons. The van der Waals surface area contributed by atoms with Gasteiger partial charge in [-0.15, -0.1) is 5.10 Å². The first-order valence-electron chi connectivity index (χ1n) is 11.4. The van der Waals surface area contributed by atoms with Crippen molar-refractivity contribution in [2.75, 3.05) is 19.7 Å². The Balaban J connectivity index is 1.68. The number of aromatic nitrogens is 3. The summed E-state index contributed by atoms with van der Waals surface area (Å²) in [6.07, 6.45) is 3.24. The predicted molar refractivity (Wildman–Crippen MR) is 127 cm³/mol. The Morgan fingerprint density at radius 3 is 2.53 bits per heavy atom. The number of ether oxygens (including phenoxy) is 1. The molecular formula is C24H29N5O4S. The lowest BCUT2D eigenvalue weighted by atomic mass is 10.1. The Morgan fingerprint density at radius 2 is 1.91 bits per heavy atom. The molecule has 10 heteroatoms. The zero-order valence-electron chi connectivity index (χ0n) is 19.1. The summed E-state index contributed by atoms with van der Waals surface area (Å²) < 4.78 is 30.6. The standard InChI is InChI=1S/C24H29N5O4S/c1-2-14-28(17-20-9-6-15-33-20)24(30)23-26-22(16-18-7-4-3-5-8-18)29(27-23)19-10-12-21(13-11-19)34(25,31)32/h3-5,7-8,10-13,20H,2,6,9,14-17H2,1H3,(H2,25,31,32). The Labute approximate surface area is 199 Å². The Hall–Kier alpha value is -3.08. The molecule has 0 spiro atoms. The number of sulfonamides is 1. The molecule has 0 bridgehead atoms. The number of nitrogens with two attached hydrogens (primary N) is 1. The highest BCUT2D eigenvalue weighted by Gasteiger charge is 2.26. The van der Waals surface area contributed by atoms with Crippen molar-refractivity contribution in [3.63, 3.8) is 0 Å². The van der Waals surface area contributed by atoms with Gasteiger partial charge in [0.1, 0.15) is 5.82 Å². The molecule has 2 heterocycles. The fourth-order valence-corrected chi connectivity index (χ4v) is 4.55. The van der Waals surface area contributed by atoms with Crippen molar-refractivity contribution >= 4 is 15.9 Å². The summed E-state index contributed by atoms with van der Waals surface area (Å²) in [5.74, 6) is 0.436. The molecule has 0 saturated carbocycles. The summed E-state index contributed by atoms with van der Waals surface area (Å²) in [5, 5.41) is 9.77. The second-order valence-corrected chi connectivity index (χ2v) is 9.91. The van der Waals surface area contributed by atoms with Crippen LogP contribution in [0.15, 0.2) is 59.5 Å². The van der Waals surface area contributed by atoms with Gasteiger partial charge in [-0.1, -0.05) is 37.3 Å². The number of primary sulfonamides is 1. The van der Waals surface area contributed by atoms with Crippen LogP contribution < -0.4 is 5.14 Å². The lowest BCUT2D eigenvalue weighted by molar-refractivity contribution is 0.0517. The van der Waals surface area contributed by atoms with E-state index in [1.807, 2.05) is 37.3 Å².